The zero-order valence-electron chi connectivity index (χ0n) is 19.0. The maximum absolute atomic E-state index is 13.0. The van der Waals surface area contributed by atoms with Crippen molar-refractivity contribution < 1.29 is 23.1 Å². The van der Waals surface area contributed by atoms with Crippen LogP contribution in [0.2, 0.25) is 0 Å². The lowest BCUT2D eigenvalue weighted by molar-refractivity contribution is -0.138. The van der Waals surface area contributed by atoms with E-state index in [1.54, 1.807) is 0 Å². The number of aromatic amines is 1. The van der Waals surface area contributed by atoms with E-state index in [1.807, 2.05) is 24.3 Å². The Kier molecular flexibility index (Phi) is 6.09. The Balaban J connectivity index is 1.28. The van der Waals surface area contributed by atoms with E-state index < -0.39 is 17.7 Å². The van der Waals surface area contributed by atoms with Gasteiger partial charge in [0.1, 0.15) is 5.82 Å². The van der Waals surface area contributed by atoms with Crippen LogP contribution in [0.1, 0.15) is 49.1 Å². The average Bonchev–Trinajstić information content (AvgIpc) is 3.28. The molecule has 4 nitrogen and oxygen atoms in total. The average molecular weight is 479 g/mol. The van der Waals surface area contributed by atoms with Crippen molar-refractivity contribution in [2.75, 3.05) is 0 Å². The fourth-order valence-electron chi connectivity index (χ4n) is 5.04. The van der Waals surface area contributed by atoms with Gasteiger partial charge in [-0.05, 0) is 72.4 Å². The molecule has 3 aromatic carbocycles. The molecule has 5 rings (SSSR count). The third-order valence-electron chi connectivity index (χ3n) is 6.99. The molecule has 0 radical (unpaired) electrons. The standard InChI is InChI=1S/C28H25F3N2O2/c29-28(30,31)23-13-14-24-25(16-23)33-27(32-24)22-11-9-21(10-12-22)20-7-5-19(6-8-20)18-3-1-17(2-4-18)15-26(34)35/h5-14,16-18H,1-4,15H2,(H,32,33)(H,34,35). The maximum atomic E-state index is 13.0. The van der Waals surface area contributed by atoms with Crippen LogP contribution in [0.25, 0.3) is 33.5 Å². The molecule has 2 N–H and O–H groups in total. The summed E-state index contributed by atoms with van der Waals surface area (Å²) >= 11 is 0. The molecule has 1 fully saturated rings. The second-order valence-corrected chi connectivity index (χ2v) is 9.33. The molecular weight excluding hydrogens is 453 g/mol. The molecule has 35 heavy (non-hydrogen) atoms. The van der Waals surface area contributed by atoms with Crippen LogP contribution in [0, 0.1) is 5.92 Å². The number of hydrogen-bond acceptors (Lipinski definition) is 2. The number of carbonyl (C=O) groups is 1. The summed E-state index contributed by atoms with van der Waals surface area (Å²) in [4.78, 5) is 18.4. The minimum Gasteiger partial charge on any atom is -0.481 e. The molecule has 0 amide bonds. The zero-order valence-corrected chi connectivity index (χ0v) is 19.0. The van der Waals surface area contributed by atoms with E-state index in [1.165, 1.54) is 11.6 Å². The van der Waals surface area contributed by atoms with Crippen molar-refractivity contribution in [3.8, 4) is 22.5 Å². The van der Waals surface area contributed by atoms with E-state index in [0.29, 0.717) is 28.7 Å². The van der Waals surface area contributed by atoms with Gasteiger partial charge in [0.25, 0.3) is 0 Å². The largest absolute Gasteiger partial charge is 0.481 e. The van der Waals surface area contributed by atoms with Gasteiger partial charge in [0, 0.05) is 12.0 Å². The number of hydrogen-bond donors (Lipinski definition) is 2. The Labute approximate surface area is 200 Å². The van der Waals surface area contributed by atoms with Crippen LogP contribution in [-0.4, -0.2) is 21.0 Å². The summed E-state index contributed by atoms with van der Waals surface area (Å²) in [7, 11) is 0. The van der Waals surface area contributed by atoms with Gasteiger partial charge in [-0.1, -0.05) is 48.5 Å². The summed E-state index contributed by atoms with van der Waals surface area (Å²) < 4.78 is 39.0. The van der Waals surface area contributed by atoms with Crippen molar-refractivity contribution in [1.82, 2.24) is 9.97 Å². The van der Waals surface area contributed by atoms with Gasteiger partial charge in [-0.15, -0.1) is 0 Å². The minimum absolute atomic E-state index is 0.268. The van der Waals surface area contributed by atoms with E-state index in [0.717, 1.165) is 54.5 Å². The number of nitrogens with zero attached hydrogens (tertiary/aromatic N) is 1. The number of alkyl halides is 3. The van der Waals surface area contributed by atoms with E-state index >= 15 is 0 Å². The Hall–Kier alpha value is -3.61. The number of benzene rings is 3. The predicted octanol–water partition coefficient (Wildman–Crippen LogP) is 7.66. The van der Waals surface area contributed by atoms with Gasteiger partial charge in [0.2, 0.25) is 0 Å². The topological polar surface area (TPSA) is 66.0 Å². The molecule has 0 atom stereocenters. The number of imidazole rings is 1. The lowest BCUT2D eigenvalue weighted by Gasteiger charge is -2.28. The fourth-order valence-corrected chi connectivity index (χ4v) is 5.04. The normalized spacial score (nSPS) is 18.6. The molecule has 0 aliphatic heterocycles. The number of aromatic nitrogens is 2. The maximum Gasteiger partial charge on any atom is 0.416 e. The van der Waals surface area contributed by atoms with Crippen LogP contribution in [0.15, 0.2) is 66.7 Å². The smallest absolute Gasteiger partial charge is 0.416 e. The summed E-state index contributed by atoms with van der Waals surface area (Å²) in [6.07, 6.45) is -0.165. The molecule has 0 bridgehead atoms. The molecule has 1 aliphatic carbocycles. The SMILES string of the molecule is O=C(O)CC1CCC(c2ccc(-c3ccc(-c4nc5ccc(C(F)(F)F)cc5[nH]4)cc3)cc2)CC1. The first-order chi connectivity index (χ1) is 16.8. The van der Waals surface area contributed by atoms with Crippen LogP contribution in [0.3, 0.4) is 0 Å². The fraction of sp³-hybridized carbons (Fsp3) is 0.286. The molecule has 1 aliphatic rings. The summed E-state index contributed by atoms with van der Waals surface area (Å²) in [5, 5.41) is 9.00. The van der Waals surface area contributed by atoms with Gasteiger partial charge >= 0.3 is 12.1 Å². The number of nitrogens with one attached hydrogen (secondary N) is 1. The van der Waals surface area contributed by atoms with Crippen LogP contribution >= 0.6 is 0 Å². The number of H-pyrrole nitrogens is 1. The minimum atomic E-state index is -4.39. The van der Waals surface area contributed by atoms with Gasteiger partial charge in [-0.2, -0.15) is 13.2 Å². The summed E-state index contributed by atoms with van der Waals surface area (Å²) in [6.45, 7) is 0. The quantitative estimate of drug-likeness (QED) is 0.309. The summed E-state index contributed by atoms with van der Waals surface area (Å²) in [5.41, 5.74) is 4.36. The summed E-state index contributed by atoms with van der Waals surface area (Å²) in [6, 6.07) is 19.8. The third-order valence-corrected chi connectivity index (χ3v) is 6.99. The number of rotatable bonds is 5. The Morgan fingerprint density at radius 3 is 2.09 bits per heavy atom. The highest BCUT2D eigenvalue weighted by Crippen LogP contribution is 2.38. The molecule has 1 aromatic heterocycles. The molecule has 0 spiro atoms. The second-order valence-electron chi connectivity index (χ2n) is 9.33. The summed E-state index contributed by atoms with van der Waals surface area (Å²) in [5.74, 6) is 0.585. The number of carboxylic acid groups (broad SMARTS) is 1. The lowest BCUT2D eigenvalue weighted by atomic mass is 9.77. The van der Waals surface area contributed by atoms with Crippen LogP contribution < -0.4 is 0 Å². The predicted molar refractivity (Wildman–Crippen MR) is 129 cm³/mol. The van der Waals surface area contributed by atoms with Crippen LogP contribution in [0.5, 0.6) is 0 Å². The molecule has 0 unspecified atom stereocenters. The van der Waals surface area contributed by atoms with Crippen LogP contribution in [0.4, 0.5) is 13.2 Å². The first-order valence-electron chi connectivity index (χ1n) is 11.8. The molecule has 0 saturated heterocycles. The highest BCUT2D eigenvalue weighted by molar-refractivity contribution is 5.80. The van der Waals surface area contributed by atoms with Crippen molar-refractivity contribution in [3.63, 3.8) is 0 Å². The first-order valence-corrected chi connectivity index (χ1v) is 11.8. The van der Waals surface area contributed by atoms with Crippen molar-refractivity contribution >= 4 is 17.0 Å². The van der Waals surface area contributed by atoms with Crippen molar-refractivity contribution in [1.29, 1.82) is 0 Å². The van der Waals surface area contributed by atoms with E-state index in [-0.39, 0.29) is 6.42 Å². The molecule has 4 aromatic rings. The van der Waals surface area contributed by atoms with Crippen molar-refractivity contribution in [3.05, 3.63) is 77.9 Å². The van der Waals surface area contributed by atoms with Crippen LogP contribution in [-0.2, 0) is 11.0 Å². The van der Waals surface area contributed by atoms with Crippen molar-refractivity contribution in [2.24, 2.45) is 5.92 Å². The third kappa shape index (κ3) is 5.09. The molecule has 1 heterocycles. The number of aliphatic carboxylic acids is 1. The lowest BCUT2D eigenvalue weighted by Crippen LogP contribution is -2.16. The van der Waals surface area contributed by atoms with E-state index in [9.17, 15) is 18.0 Å². The molecular formula is C28H25F3N2O2. The highest BCUT2D eigenvalue weighted by Gasteiger charge is 2.30. The van der Waals surface area contributed by atoms with Crippen molar-refractivity contribution in [2.45, 2.75) is 44.2 Å². The Morgan fingerprint density at radius 1 is 0.886 bits per heavy atom. The highest BCUT2D eigenvalue weighted by atomic mass is 19.4. The van der Waals surface area contributed by atoms with Gasteiger partial charge in [0.05, 0.1) is 16.6 Å². The van der Waals surface area contributed by atoms with E-state index in [4.69, 9.17) is 5.11 Å². The Bertz CT molecular complexity index is 1330. The van der Waals surface area contributed by atoms with Gasteiger partial charge in [0.15, 0.2) is 0 Å². The molecule has 1 saturated carbocycles. The van der Waals surface area contributed by atoms with Gasteiger partial charge in [-0.25, -0.2) is 4.98 Å². The van der Waals surface area contributed by atoms with E-state index in [2.05, 4.69) is 34.2 Å². The molecule has 180 valence electrons. The number of halogens is 3. The molecule has 7 heteroatoms. The van der Waals surface area contributed by atoms with Gasteiger partial charge < -0.3 is 10.1 Å². The van der Waals surface area contributed by atoms with Gasteiger partial charge in [-0.3, -0.25) is 4.79 Å². The second kappa shape index (κ2) is 9.21. The first kappa shape index (κ1) is 23.1. The zero-order chi connectivity index (χ0) is 24.6. The number of carboxylic acids is 1. The monoisotopic (exact) mass is 478 g/mol. The Morgan fingerprint density at radius 2 is 1.49 bits per heavy atom. The number of fused-ring (bicyclic) bond motifs is 1.